The van der Waals surface area contributed by atoms with Gasteiger partial charge in [0.25, 0.3) is 0 Å². The number of aliphatic hydroxyl groups is 1. The number of carboxylic acids is 2. The number of ketones is 2. The molecule has 5 N–H and O–H groups in total. The number of carboxylic acid groups (broad SMARTS) is 2. The Labute approximate surface area is 522 Å². The van der Waals surface area contributed by atoms with Gasteiger partial charge < -0.3 is 50.0 Å². The summed E-state index contributed by atoms with van der Waals surface area (Å²) in [5.74, 6) is 1.75. The number of thioether (sulfide) groups is 1. The summed E-state index contributed by atoms with van der Waals surface area (Å²) in [4.78, 5) is 102. The van der Waals surface area contributed by atoms with Crippen LogP contribution in [0, 0.1) is 51.8 Å². The van der Waals surface area contributed by atoms with Gasteiger partial charge in [-0.3, -0.25) is 24.2 Å². The molecule has 6 aliphatic rings. The zero-order valence-electron chi connectivity index (χ0n) is 52.8. The molecule has 2 unspecified atom stereocenters. The molecule has 8 rings (SSSR count). The predicted octanol–water partition coefficient (Wildman–Crippen LogP) is 9.91. The third-order valence-corrected chi connectivity index (χ3v) is 23.3. The number of hydrogen-bond acceptors (Lipinski definition) is 16. The number of thiazole rings is 1. The van der Waals surface area contributed by atoms with Crippen molar-refractivity contribution in [2.75, 3.05) is 72.0 Å². The van der Waals surface area contributed by atoms with E-state index in [-0.39, 0.29) is 87.3 Å². The number of carbonyl (C=O) groups excluding carboxylic acids is 5. The summed E-state index contributed by atoms with van der Waals surface area (Å²) in [7, 11) is 1.93. The number of benzene rings is 1. The summed E-state index contributed by atoms with van der Waals surface area (Å²) in [6.07, 6.45) is 12.9. The summed E-state index contributed by atoms with van der Waals surface area (Å²) in [5.41, 5.74) is 2.67. The van der Waals surface area contributed by atoms with Crippen LogP contribution >= 0.6 is 23.1 Å². The van der Waals surface area contributed by atoms with Gasteiger partial charge in [-0.05, 0) is 188 Å². The van der Waals surface area contributed by atoms with Crippen molar-refractivity contribution < 1.29 is 63.1 Å². The highest BCUT2D eigenvalue weighted by molar-refractivity contribution is 8.15. The number of Topliss-reactive ketones (excluding diaryl/α,β-unsaturated/α-hetero) is 2. The molecule has 5 aliphatic carbocycles. The molecule has 2 heterocycles. The van der Waals surface area contributed by atoms with E-state index < -0.39 is 35.5 Å². The number of rotatable bonds is 30. The van der Waals surface area contributed by atoms with Crippen molar-refractivity contribution in [3.8, 4) is 5.75 Å². The van der Waals surface area contributed by atoms with Crippen LogP contribution in [0.15, 0.2) is 45.5 Å². The van der Waals surface area contributed by atoms with Crippen LogP contribution in [0.1, 0.15) is 163 Å². The van der Waals surface area contributed by atoms with Crippen LogP contribution in [-0.4, -0.2) is 167 Å². The molecule has 1 aromatic heterocycles. The van der Waals surface area contributed by atoms with Crippen LogP contribution in [0.3, 0.4) is 0 Å². The van der Waals surface area contributed by atoms with Crippen molar-refractivity contribution in [2.45, 2.75) is 176 Å². The van der Waals surface area contributed by atoms with Gasteiger partial charge in [-0.25, -0.2) is 19.4 Å². The second-order valence-electron chi connectivity index (χ2n) is 27.1. The summed E-state index contributed by atoms with van der Waals surface area (Å²) in [6.45, 7) is 19.1. The maximum Gasteiger partial charge on any atom is 0.415 e. The van der Waals surface area contributed by atoms with Crippen LogP contribution in [0.2, 0.25) is 0 Å². The van der Waals surface area contributed by atoms with Gasteiger partial charge in [0.2, 0.25) is 11.8 Å². The number of hydrogen-bond donors (Lipinski definition) is 5. The third kappa shape index (κ3) is 16.3. The van der Waals surface area contributed by atoms with E-state index in [1.165, 1.54) is 61.6 Å². The van der Waals surface area contributed by atoms with Gasteiger partial charge in [0.1, 0.15) is 21.8 Å². The second kappa shape index (κ2) is 29.7. The summed E-state index contributed by atoms with van der Waals surface area (Å²) in [5, 5.41) is 36.7. The molecule has 3 amide bonds. The molecule has 87 heavy (non-hydrogen) atoms. The SMILES string of the molecule is CC1=C(C)C(=O)C(C(C)(C)CCN(C)CCN(CCOCCOCCC(=O)NCCCCC(NC(=O)CC[C@@H](C)[C@H]2CC[C@H]3[C@@H]4CC[C@@H]5C[C@H](O)CC[C@]5(C)[C@H]4CC[C@]23C)C(=O)O)C(=O)Oc2ccc3nc(C4=NC(C(=O)O)CS4)sc3c2)=C(C)C1=O. The van der Waals surface area contributed by atoms with Crippen molar-refractivity contribution in [3.63, 3.8) is 0 Å². The standard InChI is InChI=1S/C66H96N6O13S2/c1-39(47-17-18-48-46-16-14-43-36-44(73)21-24-65(43,7)49(46)22-25-66(47,48)8)13-20-55(75)68-51(61(78)79)12-10-11-27-67-54(74)23-32-83-34-35-84-33-31-72(30-29-71(9)28-26-64(5,6)56-42(4)57(76)40(2)41(3)58(56)77)63(82)85-45-15-19-50-53(37-45)87-60(69-50)59-70-52(38-86-59)62(80)81/h15,19,37,39,43-44,46-49,51-52,73H,10-14,16-18,20-36,38H2,1-9H3,(H,67,74)(H,68,75)(H,78,79)(H,80,81)/t39-,43-,44-,46+,47-,48+,49+,51?,52?,65+,66-/m1/s1. The van der Waals surface area contributed by atoms with Crippen molar-refractivity contribution in [2.24, 2.45) is 56.7 Å². The minimum absolute atomic E-state index is 0.0990. The number of amides is 3. The van der Waals surface area contributed by atoms with Crippen LogP contribution in [0.25, 0.3) is 10.2 Å². The number of aliphatic carboxylic acids is 2. The number of carbonyl (C=O) groups is 7. The molecule has 0 bridgehead atoms. The number of aliphatic hydroxyl groups excluding tert-OH is 1. The van der Waals surface area contributed by atoms with E-state index >= 15 is 0 Å². The molecule has 0 saturated heterocycles. The number of fused-ring (bicyclic) bond motifs is 6. The maximum atomic E-state index is 13.9. The van der Waals surface area contributed by atoms with Crippen LogP contribution < -0.4 is 15.4 Å². The molecule has 4 saturated carbocycles. The number of aromatic nitrogens is 1. The Morgan fingerprint density at radius 1 is 0.816 bits per heavy atom. The van der Waals surface area contributed by atoms with E-state index in [0.29, 0.717) is 124 Å². The molecular formula is C66H96N6O13S2. The number of nitrogens with zero attached hydrogens (tertiary/aromatic N) is 4. The van der Waals surface area contributed by atoms with E-state index in [2.05, 4.69) is 46.3 Å². The first-order valence-corrected chi connectivity index (χ1v) is 33.7. The monoisotopic (exact) mass is 1240 g/mol. The molecule has 1 aliphatic heterocycles. The number of unbranched alkanes of at least 4 members (excludes halogenated alkanes) is 1. The highest BCUT2D eigenvalue weighted by Crippen LogP contribution is 2.68. The van der Waals surface area contributed by atoms with Crippen LogP contribution in [0.5, 0.6) is 5.75 Å². The lowest BCUT2D eigenvalue weighted by molar-refractivity contribution is -0.142. The molecule has 480 valence electrons. The molecule has 4 fully saturated rings. The lowest BCUT2D eigenvalue weighted by Gasteiger charge is -2.61. The zero-order valence-corrected chi connectivity index (χ0v) is 54.5. The Morgan fingerprint density at radius 3 is 2.28 bits per heavy atom. The number of nitrogens with one attached hydrogen (secondary N) is 2. The molecule has 19 nitrogen and oxygen atoms in total. The first-order chi connectivity index (χ1) is 41.3. The largest absolute Gasteiger partial charge is 0.480 e. The van der Waals surface area contributed by atoms with Crippen molar-refractivity contribution in [1.82, 2.24) is 25.4 Å². The average molecular weight is 1250 g/mol. The molecule has 0 radical (unpaired) electrons. The Morgan fingerprint density at radius 2 is 1.54 bits per heavy atom. The molecule has 21 heteroatoms. The fraction of sp³-hybridized carbons (Fsp3) is 0.712. The minimum atomic E-state index is -1.06. The minimum Gasteiger partial charge on any atom is -0.480 e. The Balaban J connectivity index is 0.718. The summed E-state index contributed by atoms with van der Waals surface area (Å²) in [6, 6.07) is 3.31. The van der Waals surface area contributed by atoms with Gasteiger partial charge in [-0.15, -0.1) is 23.1 Å². The summed E-state index contributed by atoms with van der Waals surface area (Å²) < 4.78 is 18.2. The molecule has 1 aromatic carbocycles. The van der Waals surface area contributed by atoms with E-state index in [1.807, 2.05) is 20.9 Å². The Bertz CT molecular complexity index is 2960. The number of likely N-dealkylation sites (N-methyl/N-ethyl adjacent to an activating group) is 1. The van der Waals surface area contributed by atoms with Crippen molar-refractivity contribution in [1.29, 1.82) is 0 Å². The lowest BCUT2D eigenvalue weighted by Crippen LogP contribution is -2.54. The smallest absolute Gasteiger partial charge is 0.415 e. The third-order valence-electron chi connectivity index (χ3n) is 21.1. The number of allylic oxidation sites excluding steroid dienone is 4. The van der Waals surface area contributed by atoms with Crippen LogP contribution in [0.4, 0.5) is 4.79 Å². The molecule has 0 spiro atoms. The van der Waals surface area contributed by atoms with Gasteiger partial charge in [0.05, 0.1) is 42.7 Å². The zero-order chi connectivity index (χ0) is 63.0. The Hall–Kier alpha value is -5.06. The predicted molar refractivity (Wildman–Crippen MR) is 337 cm³/mol. The van der Waals surface area contributed by atoms with E-state index in [9.17, 15) is 48.9 Å². The first kappa shape index (κ1) is 67.9. The average Bonchev–Trinajstić information content (AvgIpc) is 1.73. The van der Waals surface area contributed by atoms with Gasteiger partial charge >= 0.3 is 18.0 Å². The highest BCUT2D eigenvalue weighted by Gasteiger charge is 2.60. The number of ether oxygens (including phenoxy) is 3. The molecule has 11 atom stereocenters. The number of aliphatic imine (C=N–C) groups is 1. The second-order valence-corrected chi connectivity index (χ2v) is 29.1. The fourth-order valence-electron chi connectivity index (χ4n) is 15.8. The maximum absolute atomic E-state index is 13.9. The van der Waals surface area contributed by atoms with Gasteiger partial charge in [-0.1, -0.05) is 34.6 Å². The van der Waals surface area contributed by atoms with Gasteiger partial charge in [0, 0.05) is 73.1 Å². The summed E-state index contributed by atoms with van der Waals surface area (Å²) >= 11 is 2.68. The van der Waals surface area contributed by atoms with E-state index in [1.54, 1.807) is 43.9 Å². The van der Waals surface area contributed by atoms with Crippen LogP contribution in [-0.2, 0) is 38.2 Å². The van der Waals surface area contributed by atoms with E-state index in [0.717, 1.165) is 42.2 Å². The highest BCUT2D eigenvalue weighted by atomic mass is 32.2. The quantitative estimate of drug-likeness (QED) is 0.0360. The van der Waals surface area contributed by atoms with Crippen molar-refractivity contribution in [3.05, 3.63) is 45.5 Å². The van der Waals surface area contributed by atoms with E-state index in [4.69, 9.17) is 14.2 Å². The molecular weight excluding hydrogens is 1150 g/mol. The lowest BCUT2D eigenvalue weighted by atomic mass is 9.44. The van der Waals surface area contributed by atoms with Gasteiger partial charge in [-0.2, -0.15) is 0 Å². The van der Waals surface area contributed by atoms with Crippen molar-refractivity contribution >= 4 is 79.8 Å². The molecule has 2 aromatic rings. The fourth-order valence-corrected chi connectivity index (χ4v) is 17.9. The first-order valence-electron chi connectivity index (χ1n) is 31.9. The normalized spacial score (nSPS) is 27.2. The van der Waals surface area contributed by atoms with Gasteiger partial charge in [0.15, 0.2) is 17.6 Å². The Kier molecular flexibility index (Phi) is 23.2. The topological polar surface area (TPSA) is 264 Å².